The molecule has 22 heavy (non-hydrogen) atoms. The number of rotatable bonds is 5. The third-order valence-corrected chi connectivity index (χ3v) is 5.52. The van der Waals surface area contributed by atoms with Crippen molar-refractivity contribution >= 4 is 35.4 Å². The SMILES string of the molecule is COc1ccccc1NS(=O)(=O)c1ccc(S(=O)(=O)Cl)cc1. The highest BCUT2D eigenvalue weighted by Crippen LogP contribution is 2.26. The van der Waals surface area contributed by atoms with Gasteiger partial charge in [0.05, 0.1) is 22.6 Å². The molecule has 6 nitrogen and oxygen atoms in total. The van der Waals surface area contributed by atoms with Gasteiger partial charge in [-0.1, -0.05) is 12.1 Å². The Bertz CT molecular complexity index is 877. The number of hydrogen-bond donors (Lipinski definition) is 1. The van der Waals surface area contributed by atoms with Crippen molar-refractivity contribution in [2.75, 3.05) is 11.8 Å². The summed E-state index contributed by atoms with van der Waals surface area (Å²) in [6.07, 6.45) is 0. The molecule has 1 N–H and O–H groups in total. The Morgan fingerprint density at radius 1 is 0.909 bits per heavy atom. The molecule has 118 valence electrons. The summed E-state index contributed by atoms with van der Waals surface area (Å²) in [6, 6.07) is 11.1. The molecule has 0 saturated heterocycles. The van der Waals surface area contributed by atoms with Crippen molar-refractivity contribution in [1.82, 2.24) is 0 Å². The van der Waals surface area contributed by atoms with E-state index in [-0.39, 0.29) is 15.5 Å². The van der Waals surface area contributed by atoms with Gasteiger partial charge in [-0.3, -0.25) is 4.72 Å². The van der Waals surface area contributed by atoms with Gasteiger partial charge in [0, 0.05) is 10.7 Å². The van der Waals surface area contributed by atoms with Crippen LogP contribution in [0.15, 0.2) is 58.3 Å². The molecule has 0 aromatic heterocycles. The number of sulfonamides is 1. The van der Waals surface area contributed by atoms with Crippen molar-refractivity contribution in [3.05, 3.63) is 48.5 Å². The van der Waals surface area contributed by atoms with Crippen LogP contribution in [0.25, 0.3) is 0 Å². The number of nitrogens with one attached hydrogen (secondary N) is 1. The number of ether oxygens (including phenoxy) is 1. The Morgan fingerprint density at radius 3 is 2.00 bits per heavy atom. The molecule has 0 unspecified atom stereocenters. The second-order valence-electron chi connectivity index (χ2n) is 4.22. The van der Waals surface area contributed by atoms with Gasteiger partial charge in [-0.15, -0.1) is 0 Å². The van der Waals surface area contributed by atoms with Crippen molar-refractivity contribution in [1.29, 1.82) is 0 Å². The van der Waals surface area contributed by atoms with Crippen LogP contribution in [0.3, 0.4) is 0 Å². The lowest BCUT2D eigenvalue weighted by molar-refractivity contribution is 0.417. The maximum atomic E-state index is 12.3. The monoisotopic (exact) mass is 361 g/mol. The number of benzene rings is 2. The largest absolute Gasteiger partial charge is 0.495 e. The van der Waals surface area contributed by atoms with E-state index >= 15 is 0 Å². The standard InChI is InChI=1S/C13H12ClNO5S2/c1-20-13-5-3-2-4-12(13)15-22(18,19)11-8-6-10(7-9-11)21(14,16)17/h2-9,15H,1H3. The minimum absolute atomic E-state index is 0.0949. The van der Waals surface area contributed by atoms with E-state index in [2.05, 4.69) is 4.72 Å². The van der Waals surface area contributed by atoms with Crippen LogP contribution in [-0.4, -0.2) is 23.9 Å². The van der Waals surface area contributed by atoms with Crippen LogP contribution in [0, 0.1) is 0 Å². The van der Waals surface area contributed by atoms with E-state index < -0.39 is 19.1 Å². The Morgan fingerprint density at radius 2 is 1.45 bits per heavy atom. The van der Waals surface area contributed by atoms with E-state index in [1.807, 2.05) is 0 Å². The molecule has 2 rings (SSSR count). The van der Waals surface area contributed by atoms with Crippen molar-refractivity contribution in [2.24, 2.45) is 0 Å². The summed E-state index contributed by atoms with van der Waals surface area (Å²) in [5, 5.41) is 0. The quantitative estimate of drug-likeness (QED) is 0.826. The molecule has 9 heteroatoms. The third kappa shape index (κ3) is 3.70. The fourth-order valence-corrected chi connectivity index (χ4v) is 3.55. The van der Waals surface area contributed by atoms with Crippen LogP contribution in [0.2, 0.25) is 0 Å². The van der Waals surface area contributed by atoms with Gasteiger partial charge in [-0.2, -0.15) is 0 Å². The van der Waals surface area contributed by atoms with Crippen molar-refractivity contribution in [3.8, 4) is 5.75 Å². The first-order chi connectivity index (χ1) is 10.2. The van der Waals surface area contributed by atoms with Crippen LogP contribution in [-0.2, 0) is 19.1 Å². The molecule has 2 aromatic carbocycles. The number of para-hydroxylation sites is 2. The number of hydrogen-bond acceptors (Lipinski definition) is 5. The minimum atomic E-state index is -3.90. The number of halogens is 1. The molecule has 0 aliphatic heterocycles. The van der Waals surface area contributed by atoms with Gasteiger partial charge in [0.25, 0.3) is 19.1 Å². The summed E-state index contributed by atoms with van der Waals surface area (Å²) in [4.78, 5) is -0.270. The van der Waals surface area contributed by atoms with Gasteiger partial charge in [0.15, 0.2) is 0 Å². The zero-order valence-electron chi connectivity index (χ0n) is 11.4. The van der Waals surface area contributed by atoms with E-state index in [1.165, 1.54) is 7.11 Å². The first-order valence-electron chi connectivity index (χ1n) is 5.94. The van der Waals surface area contributed by atoms with E-state index in [9.17, 15) is 16.8 Å². The van der Waals surface area contributed by atoms with Gasteiger partial charge in [0.1, 0.15) is 5.75 Å². The molecule has 0 bridgehead atoms. The average molecular weight is 362 g/mol. The first-order valence-corrected chi connectivity index (χ1v) is 9.74. The van der Waals surface area contributed by atoms with E-state index in [0.29, 0.717) is 5.75 Å². The highest BCUT2D eigenvalue weighted by atomic mass is 35.7. The van der Waals surface area contributed by atoms with Crippen LogP contribution in [0.1, 0.15) is 0 Å². The summed E-state index contributed by atoms with van der Waals surface area (Å²) in [5.74, 6) is 0.367. The summed E-state index contributed by atoms with van der Waals surface area (Å²) in [5.41, 5.74) is 0.277. The fourth-order valence-electron chi connectivity index (χ4n) is 1.71. The fraction of sp³-hybridized carbons (Fsp3) is 0.0769. The van der Waals surface area contributed by atoms with Crippen molar-refractivity contribution < 1.29 is 21.6 Å². The van der Waals surface area contributed by atoms with Crippen LogP contribution in [0.5, 0.6) is 5.75 Å². The van der Waals surface area contributed by atoms with Gasteiger partial charge >= 0.3 is 0 Å². The lowest BCUT2D eigenvalue weighted by Crippen LogP contribution is -2.13. The van der Waals surface area contributed by atoms with E-state index in [4.69, 9.17) is 15.4 Å². The summed E-state index contributed by atoms with van der Waals surface area (Å²) in [6.45, 7) is 0. The zero-order valence-corrected chi connectivity index (χ0v) is 13.7. The summed E-state index contributed by atoms with van der Waals surface area (Å²) in [7, 11) is -1.16. The topological polar surface area (TPSA) is 89.5 Å². The molecule has 2 aromatic rings. The smallest absolute Gasteiger partial charge is 0.262 e. The van der Waals surface area contributed by atoms with Crippen LogP contribution < -0.4 is 9.46 Å². The number of methoxy groups -OCH3 is 1. The summed E-state index contributed by atoms with van der Waals surface area (Å²) >= 11 is 0. The molecule has 0 saturated carbocycles. The molecule has 0 aliphatic carbocycles. The maximum Gasteiger partial charge on any atom is 0.262 e. The van der Waals surface area contributed by atoms with Gasteiger partial charge in [0.2, 0.25) is 0 Å². The predicted octanol–water partition coefficient (Wildman–Crippen LogP) is 2.42. The Hall–Kier alpha value is -1.77. The van der Waals surface area contributed by atoms with E-state index in [1.54, 1.807) is 24.3 Å². The van der Waals surface area contributed by atoms with Crippen LogP contribution >= 0.6 is 10.7 Å². The molecule has 0 fully saturated rings. The molecule has 0 atom stereocenters. The Labute approximate surface area is 133 Å². The maximum absolute atomic E-state index is 12.3. The van der Waals surface area contributed by atoms with Crippen molar-refractivity contribution in [3.63, 3.8) is 0 Å². The lowest BCUT2D eigenvalue weighted by Gasteiger charge is -2.11. The lowest BCUT2D eigenvalue weighted by atomic mass is 10.3. The second-order valence-corrected chi connectivity index (χ2v) is 8.46. The van der Waals surface area contributed by atoms with E-state index in [0.717, 1.165) is 24.3 Å². The molecule has 0 radical (unpaired) electrons. The normalized spacial score (nSPS) is 11.9. The van der Waals surface area contributed by atoms with Crippen molar-refractivity contribution in [2.45, 2.75) is 9.79 Å². The predicted molar refractivity (Wildman–Crippen MR) is 83.3 cm³/mol. The number of anilines is 1. The zero-order chi connectivity index (χ0) is 16.4. The Kier molecular flexibility index (Phi) is 4.64. The molecule has 0 amide bonds. The van der Waals surface area contributed by atoms with Gasteiger partial charge in [-0.25, -0.2) is 16.8 Å². The van der Waals surface area contributed by atoms with Gasteiger partial charge < -0.3 is 4.74 Å². The molecular formula is C13H12ClNO5S2. The highest BCUT2D eigenvalue weighted by Gasteiger charge is 2.18. The van der Waals surface area contributed by atoms with Gasteiger partial charge in [-0.05, 0) is 36.4 Å². The molecular weight excluding hydrogens is 350 g/mol. The second kappa shape index (κ2) is 6.15. The molecule has 0 spiro atoms. The van der Waals surface area contributed by atoms with Crippen LogP contribution in [0.4, 0.5) is 5.69 Å². The first kappa shape index (κ1) is 16.6. The summed E-state index contributed by atoms with van der Waals surface area (Å²) < 4.78 is 54.3. The minimum Gasteiger partial charge on any atom is -0.495 e. The molecule has 0 aliphatic rings. The Balaban J connectivity index is 2.35. The average Bonchev–Trinajstić information content (AvgIpc) is 2.47. The third-order valence-electron chi connectivity index (χ3n) is 2.77. The highest BCUT2D eigenvalue weighted by molar-refractivity contribution is 8.13. The molecule has 0 heterocycles.